The molecule has 0 bridgehead atoms. The molecule has 0 unspecified atom stereocenters. The highest BCUT2D eigenvalue weighted by molar-refractivity contribution is 8.04. The van der Waals surface area contributed by atoms with Crippen LogP contribution in [0.25, 0.3) is 0 Å². The summed E-state index contributed by atoms with van der Waals surface area (Å²) in [5.41, 5.74) is 0. The molecule has 0 amide bonds. The van der Waals surface area contributed by atoms with Gasteiger partial charge in [-0.3, -0.25) is 0 Å². The van der Waals surface area contributed by atoms with E-state index < -0.39 is 0 Å². The van der Waals surface area contributed by atoms with Gasteiger partial charge >= 0.3 is 0 Å². The lowest BCUT2D eigenvalue weighted by molar-refractivity contribution is 0.186. The van der Waals surface area contributed by atoms with Gasteiger partial charge in [0.1, 0.15) is 0 Å². The SMILES string of the molecule is C=CSC=C.OCCO. The van der Waals surface area contributed by atoms with Gasteiger partial charge in [0, 0.05) is 0 Å². The third-order valence-corrected chi connectivity index (χ3v) is 0.677. The Morgan fingerprint density at radius 1 is 1.11 bits per heavy atom. The summed E-state index contributed by atoms with van der Waals surface area (Å²) >= 11 is 1.49. The summed E-state index contributed by atoms with van der Waals surface area (Å²) in [5.74, 6) is 0. The van der Waals surface area contributed by atoms with Crippen molar-refractivity contribution in [2.45, 2.75) is 0 Å². The largest absolute Gasteiger partial charge is 0.394 e. The van der Waals surface area contributed by atoms with Crippen LogP contribution in [-0.4, -0.2) is 23.4 Å². The molecule has 0 aliphatic rings. The van der Waals surface area contributed by atoms with Crippen LogP contribution < -0.4 is 0 Å². The molecule has 54 valence electrons. The number of aliphatic hydroxyl groups excluding tert-OH is 2. The summed E-state index contributed by atoms with van der Waals surface area (Å²) in [6.07, 6.45) is 0. The highest BCUT2D eigenvalue weighted by Gasteiger charge is 1.58. The van der Waals surface area contributed by atoms with E-state index in [1.54, 1.807) is 10.8 Å². The molecule has 0 saturated heterocycles. The van der Waals surface area contributed by atoms with Crippen LogP contribution in [0.2, 0.25) is 0 Å². The lowest BCUT2D eigenvalue weighted by Gasteiger charge is -1.70. The minimum atomic E-state index is -0.125. The molecular formula is C6H12O2S. The number of thioether (sulfide) groups is 1. The molecule has 0 aliphatic heterocycles. The van der Waals surface area contributed by atoms with Crippen molar-refractivity contribution in [2.75, 3.05) is 13.2 Å². The summed E-state index contributed by atoms with van der Waals surface area (Å²) in [5, 5.41) is 18.7. The van der Waals surface area contributed by atoms with Gasteiger partial charge in [-0.1, -0.05) is 13.2 Å². The zero-order chi connectivity index (χ0) is 7.54. The standard InChI is InChI=1S/C4H6S.C2H6O2/c1-3-5-4-2;3-1-2-4/h3-4H,1-2H2;3-4H,1-2H2. The molecule has 0 heterocycles. The second-order valence-electron chi connectivity index (χ2n) is 0.917. The van der Waals surface area contributed by atoms with Gasteiger partial charge in [0.25, 0.3) is 0 Å². The molecular weight excluding hydrogens is 136 g/mol. The molecule has 0 aromatic heterocycles. The van der Waals surface area contributed by atoms with Crippen LogP contribution in [0.4, 0.5) is 0 Å². The van der Waals surface area contributed by atoms with Crippen molar-refractivity contribution in [3.8, 4) is 0 Å². The molecule has 2 nitrogen and oxygen atoms in total. The molecule has 2 N–H and O–H groups in total. The highest BCUT2D eigenvalue weighted by Crippen LogP contribution is 1.96. The number of hydrogen-bond donors (Lipinski definition) is 2. The van der Waals surface area contributed by atoms with Crippen LogP contribution in [0.5, 0.6) is 0 Å². The van der Waals surface area contributed by atoms with Crippen molar-refractivity contribution in [1.82, 2.24) is 0 Å². The number of rotatable bonds is 3. The van der Waals surface area contributed by atoms with Crippen LogP contribution in [0.15, 0.2) is 24.0 Å². The van der Waals surface area contributed by atoms with Crippen LogP contribution in [0.1, 0.15) is 0 Å². The summed E-state index contributed by atoms with van der Waals surface area (Å²) < 4.78 is 0. The Morgan fingerprint density at radius 2 is 1.44 bits per heavy atom. The molecule has 0 rings (SSSR count). The lowest BCUT2D eigenvalue weighted by Crippen LogP contribution is -1.85. The van der Waals surface area contributed by atoms with E-state index >= 15 is 0 Å². The van der Waals surface area contributed by atoms with Crippen molar-refractivity contribution in [3.05, 3.63) is 24.0 Å². The van der Waals surface area contributed by atoms with Crippen LogP contribution in [0.3, 0.4) is 0 Å². The van der Waals surface area contributed by atoms with Gasteiger partial charge < -0.3 is 10.2 Å². The van der Waals surface area contributed by atoms with E-state index in [0.717, 1.165) is 0 Å². The molecule has 0 atom stereocenters. The number of hydrogen-bond acceptors (Lipinski definition) is 3. The Kier molecular flexibility index (Phi) is 20.1. The van der Waals surface area contributed by atoms with E-state index in [2.05, 4.69) is 13.2 Å². The highest BCUT2D eigenvalue weighted by atomic mass is 32.2. The van der Waals surface area contributed by atoms with Crippen molar-refractivity contribution in [2.24, 2.45) is 0 Å². The second-order valence-corrected chi connectivity index (χ2v) is 1.86. The van der Waals surface area contributed by atoms with E-state index in [9.17, 15) is 0 Å². The first kappa shape index (κ1) is 11.5. The second kappa shape index (κ2) is 15.7. The third kappa shape index (κ3) is 33.9. The van der Waals surface area contributed by atoms with Gasteiger partial charge in [-0.25, -0.2) is 0 Å². The maximum absolute atomic E-state index is 7.62. The monoisotopic (exact) mass is 148 g/mol. The zero-order valence-electron chi connectivity index (χ0n) is 5.29. The Morgan fingerprint density at radius 3 is 1.44 bits per heavy atom. The fourth-order valence-electron chi connectivity index (χ4n) is 0.0680. The third-order valence-electron chi connectivity index (χ3n) is 0.292. The maximum atomic E-state index is 7.62. The molecule has 0 aromatic rings. The average molecular weight is 148 g/mol. The fraction of sp³-hybridized carbons (Fsp3) is 0.333. The van der Waals surface area contributed by atoms with E-state index in [1.165, 1.54) is 11.8 Å². The quantitative estimate of drug-likeness (QED) is 0.626. The van der Waals surface area contributed by atoms with Crippen molar-refractivity contribution < 1.29 is 10.2 Å². The molecule has 0 fully saturated rings. The Labute approximate surface area is 59.9 Å². The van der Waals surface area contributed by atoms with E-state index in [0.29, 0.717) is 0 Å². The number of aliphatic hydroxyl groups is 2. The predicted molar refractivity (Wildman–Crippen MR) is 42.2 cm³/mol. The predicted octanol–water partition coefficient (Wildman–Crippen LogP) is 0.978. The van der Waals surface area contributed by atoms with E-state index in [-0.39, 0.29) is 13.2 Å². The summed E-state index contributed by atoms with van der Waals surface area (Å²) in [6.45, 7) is 6.63. The zero-order valence-corrected chi connectivity index (χ0v) is 6.10. The van der Waals surface area contributed by atoms with Gasteiger partial charge in [-0.2, -0.15) is 0 Å². The molecule has 0 aromatic carbocycles. The van der Waals surface area contributed by atoms with Gasteiger partial charge in [0.15, 0.2) is 0 Å². The Hall–Kier alpha value is -0.250. The maximum Gasteiger partial charge on any atom is 0.0662 e. The van der Waals surface area contributed by atoms with E-state index in [1.807, 2.05) is 0 Å². The van der Waals surface area contributed by atoms with E-state index in [4.69, 9.17) is 10.2 Å². The Balaban J connectivity index is 0. The smallest absolute Gasteiger partial charge is 0.0662 e. The normalized spacial score (nSPS) is 6.89. The summed E-state index contributed by atoms with van der Waals surface area (Å²) in [7, 11) is 0. The summed E-state index contributed by atoms with van der Waals surface area (Å²) in [4.78, 5) is 0. The molecule has 0 aliphatic carbocycles. The topological polar surface area (TPSA) is 40.5 Å². The van der Waals surface area contributed by atoms with Gasteiger partial charge in [-0.05, 0) is 10.8 Å². The van der Waals surface area contributed by atoms with Crippen LogP contribution in [0, 0.1) is 0 Å². The van der Waals surface area contributed by atoms with Gasteiger partial charge in [-0.15, -0.1) is 11.8 Å². The molecule has 9 heavy (non-hydrogen) atoms. The van der Waals surface area contributed by atoms with Crippen molar-refractivity contribution in [3.63, 3.8) is 0 Å². The molecule has 0 radical (unpaired) electrons. The first-order chi connectivity index (χ1) is 4.33. The minimum absolute atomic E-state index is 0.125. The fourth-order valence-corrected chi connectivity index (χ4v) is 0.204. The van der Waals surface area contributed by atoms with Crippen LogP contribution >= 0.6 is 11.8 Å². The minimum Gasteiger partial charge on any atom is -0.394 e. The average Bonchev–Trinajstić information content (AvgIpc) is 1.91. The van der Waals surface area contributed by atoms with Gasteiger partial charge in [0.2, 0.25) is 0 Å². The molecule has 0 spiro atoms. The van der Waals surface area contributed by atoms with Gasteiger partial charge in [0.05, 0.1) is 13.2 Å². The van der Waals surface area contributed by atoms with Crippen molar-refractivity contribution >= 4 is 11.8 Å². The molecule has 3 heteroatoms. The Bertz CT molecular complexity index is 56.1. The summed E-state index contributed by atoms with van der Waals surface area (Å²) in [6, 6.07) is 0. The molecule has 0 saturated carbocycles. The van der Waals surface area contributed by atoms with Crippen LogP contribution in [-0.2, 0) is 0 Å². The lowest BCUT2D eigenvalue weighted by atomic mass is 10.8. The first-order valence-corrected chi connectivity index (χ1v) is 3.36. The van der Waals surface area contributed by atoms with Crippen molar-refractivity contribution in [1.29, 1.82) is 0 Å². The first-order valence-electron chi connectivity index (χ1n) is 2.42.